The van der Waals surface area contributed by atoms with Crippen LogP contribution in [0.5, 0.6) is 23.0 Å². The number of hydrogen-bond donors (Lipinski definition) is 1. The van der Waals surface area contributed by atoms with E-state index in [1.54, 1.807) is 43.5 Å². The lowest BCUT2D eigenvalue weighted by atomic mass is 10.1. The summed E-state index contributed by atoms with van der Waals surface area (Å²) in [6.07, 6.45) is 2.98. The fraction of sp³-hybridized carbons (Fsp3) is 0.160. The van der Waals surface area contributed by atoms with E-state index in [1.165, 1.54) is 12.1 Å². The molecule has 0 aromatic heterocycles. The van der Waals surface area contributed by atoms with Crippen molar-refractivity contribution in [3.63, 3.8) is 0 Å². The van der Waals surface area contributed by atoms with E-state index < -0.39 is 0 Å². The van der Waals surface area contributed by atoms with Gasteiger partial charge in [0, 0.05) is 17.7 Å². The van der Waals surface area contributed by atoms with E-state index in [1.807, 2.05) is 37.3 Å². The van der Waals surface area contributed by atoms with Crippen molar-refractivity contribution in [2.24, 2.45) is 0 Å². The van der Waals surface area contributed by atoms with Crippen molar-refractivity contribution in [2.45, 2.75) is 13.5 Å². The maximum Gasteiger partial charge on any atom is 0.189 e. The average molecular weight is 404 g/mol. The Morgan fingerprint density at radius 2 is 1.73 bits per heavy atom. The third-order valence-electron chi connectivity index (χ3n) is 4.42. The zero-order valence-electron chi connectivity index (χ0n) is 17.0. The monoisotopic (exact) mass is 404 g/mol. The third-order valence-corrected chi connectivity index (χ3v) is 4.42. The lowest BCUT2D eigenvalue weighted by Gasteiger charge is -2.12. The van der Waals surface area contributed by atoms with E-state index in [2.05, 4.69) is 0 Å². The van der Waals surface area contributed by atoms with Gasteiger partial charge in [0.1, 0.15) is 29.6 Å². The maximum absolute atomic E-state index is 12.8. The molecule has 0 saturated heterocycles. The molecule has 0 radical (unpaired) electrons. The summed E-state index contributed by atoms with van der Waals surface area (Å²) in [6.45, 7) is 2.71. The quantitative estimate of drug-likeness (QED) is 0.389. The molecule has 0 spiro atoms. The van der Waals surface area contributed by atoms with Crippen molar-refractivity contribution in [1.29, 1.82) is 0 Å². The molecule has 0 aliphatic carbocycles. The summed E-state index contributed by atoms with van der Waals surface area (Å²) in [4.78, 5) is 12.8. The smallest absolute Gasteiger partial charge is 0.189 e. The first-order valence-corrected chi connectivity index (χ1v) is 9.63. The van der Waals surface area contributed by atoms with Crippen molar-refractivity contribution >= 4 is 11.9 Å². The van der Waals surface area contributed by atoms with Crippen LogP contribution in [0.4, 0.5) is 0 Å². The van der Waals surface area contributed by atoms with Gasteiger partial charge in [-0.05, 0) is 48.9 Å². The highest BCUT2D eigenvalue weighted by Crippen LogP contribution is 2.28. The zero-order valence-corrected chi connectivity index (χ0v) is 17.0. The molecule has 154 valence electrons. The predicted octanol–water partition coefficient (Wildman–Crippen LogP) is 5.27. The zero-order chi connectivity index (χ0) is 21.3. The molecule has 0 fully saturated rings. The number of hydrogen-bond acceptors (Lipinski definition) is 5. The number of allylic oxidation sites excluding steroid dienone is 1. The number of rotatable bonds is 9. The Balaban J connectivity index is 1.80. The number of ketones is 1. The average Bonchev–Trinajstić information content (AvgIpc) is 2.77. The molecular formula is C25H24O5. The molecule has 5 nitrogen and oxygen atoms in total. The van der Waals surface area contributed by atoms with Gasteiger partial charge in [-0.15, -0.1) is 0 Å². The van der Waals surface area contributed by atoms with Crippen LogP contribution in [-0.2, 0) is 6.61 Å². The maximum atomic E-state index is 12.8. The van der Waals surface area contributed by atoms with Gasteiger partial charge in [0.15, 0.2) is 5.78 Å². The summed E-state index contributed by atoms with van der Waals surface area (Å²) in [5.41, 5.74) is 1.93. The number of methoxy groups -OCH3 is 1. The van der Waals surface area contributed by atoms with Crippen LogP contribution in [0, 0.1) is 0 Å². The van der Waals surface area contributed by atoms with Gasteiger partial charge < -0.3 is 19.3 Å². The molecule has 30 heavy (non-hydrogen) atoms. The number of carbonyl (C=O) groups is 1. The molecule has 0 heterocycles. The van der Waals surface area contributed by atoms with Crippen LogP contribution < -0.4 is 14.2 Å². The van der Waals surface area contributed by atoms with E-state index in [-0.39, 0.29) is 11.5 Å². The molecule has 0 saturated carbocycles. The Morgan fingerprint density at radius 1 is 0.967 bits per heavy atom. The van der Waals surface area contributed by atoms with Crippen LogP contribution in [0.25, 0.3) is 6.08 Å². The Hall–Kier alpha value is -3.73. The Kier molecular flexibility index (Phi) is 7.11. The number of carbonyl (C=O) groups excluding carboxylic acids is 1. The molecule has 0 bridgehead atoms. The molecule has 3 aromatic rings. The second-order valence-corrected chi connectivity index (χ2v) is 6.49. The normalized spacial score (nSPS) is 10.7. The lowest BCUT2D eigenvalue weighted by Crippen LogP contribution is -2.03. The molecular weight excluding hydrogens is 380 g/mol. The van der Waals surface area contributed by atoms with Crippen LogP contribution >= 0.6 is 0 Å². The first-order valence-electron chi connectivity index (χ1n) is 9.63. The summed E-state index contributed by atoms with van der Waals surface area (Å²) in [7, 11) is 1.56. The Morgan fingerprint density at radius 3 is 2.43 bits per heavy atom. The highest BCUT2D eigenvalue weighted by Gasteiger charge is 2.12. The van der Waals surface area contributed by atoms with E-state index in [4.69, 9.17) is 14.2 Å². The van der Waals surface area contributed by atoms with E-state index in [0.29, 0.717) is 41.6 Å². The molecule has 3 rings (SSSR count). The first kappa shape index (κ1) is 21.0. The van der Waals surface area contributed by atoms with Gasteiger partial charge >= 0.3 is 0 Å². The SMILES string of the molecule is CCOc1ccc(C=CC(=O)c2ccc(OC)cc2OCc2ccccc2)c(O)c1. The molecule has 5 heteroatoms. The van der Waals surface area contributed by atoms with Crippen molar-refractivity contribution in [3.8, 4) is 23.0 Å². The number of aromatic hydroxyl groups is 1. The van der Waals surface area contributed by atoms with Crippen LogP contribution in [0.1, 0.15) is 28.4 Å². The molecule has 0 unspecified atom stereocenters. The summed E-state index contributed by atoms with van der Waals surface area (Å²) in [5, 5.41) is 10.2. The second-order valence-electron chi connectivity index (χ2n) is 6.49. The minimum absolute atomic E-state index is 0.0419. The molecule has 0 aliphatic rings. The first-order chi connectivity index (χ1) is 14.6. The molecule has 1 N–H and O–H groups in total. The standard InChI is InChI=1S/C25H24O5/c1-3-29-21-11-9-19(24(27)15-21)10-14-23(26)22-13-12-20(28-2)16-25(22)30-17-18-7-5-4-6-8-18/h4-16,27H,3,17H2,1-2H3. The number of benzene rings is 3. The third kappa shape index (κ3) is 5.41. The van der Waals surface area contributed by atoms with Crippen LogP contribution in [-0.4, -0.2) is 24.6 Å². The van der Waals surface area contributed by atoms with E-state index in [9.17, 15) is 9.90 Å². The van der Waals surface area contributed by atoms with Crippen LogP contribution in [0.2, 0.25) is 0 Å². The Labute approximate surface area is 176 Å². The van der Waals surface area contributed by atoms with Crippen LogP contribution in [0.3, 0.4) is 0 Å². The highest BCUT2D eigenvalue weighted by atomic mass is 16.5. The molecule has 3 aromatic carbocycles. The molecule has 0 aliphatic heterocycles. The van der Waals surface area contributed by atoms with Gasteiger partial charge in [-0.25, -0.2) is 0 Å². The van der Waals surface area contributed by atoms with Crippen molar-refractivity contribution < 1.29 is 24.1 Å². The fourth-order valence-corrected chi connectivity index (χ4v) is 2.86. The molecule has 0 atom stereocenters. The van der Waals surface area contributed by atoms with E-state index >= 15 is 0 Å². The minimum Gasteiger partial charge on any atom is -0.507 e. The van der Waals surface area contributed by atoms with Gasteiger partial charge in [-0.3, -0.25) is 4.79 Å². The lowest BCUT2D eigenvalue weighted by molar-refractivity contribution is 0.104. The number of ether oxygens (including phenoxy) is 3. The largest absolute Gasteiger partial charge is 0.507 e. The van der Waals surface area contributed by atoms with Gasteiger partial charge in [0.05, 0.1) is 19.3 Å². The number of phenolic OH excluding ortho intramolecular Hbond substituents is 1. The predicted molar refractivity (Wildman–Crippen MR) is 116 cm³/mol. The summed E-state index contributed by atoms with van der Waals surface area (Å²) in [5.74, 6) is 1.41. The van der Waals surface area contributed by atoms with Crippen LogP contribution in [0.15, 0.2) is 72.8 Å². The van der Waals surface area contributed by atoms with Gasteiger partial charge in [-0.1, -0.05) is 30.3 Å². The van der Waals surface area contributed by atoms with Crippen molar-refractivity contribution in [3.05, 3.63) is 89.5 Å². The summed E-state index contributed by atoms with van der Waals surface area (Å²) < 4.78 is 16.5. The topological polar surface area (TPSA) is 65.0 Å². The number of phenols is 1. The summed E-state index contributed by atoms with van der Waals surface area (Å²) >= 11 is 0. The van der Waals surface area contributed by atoms with Gasteiger partial charge in [0.2, 0.25) is 0 Å². The van der Waals surface area contributed by atoms with Crippen molar-refractivity contribution in [2.75, 3.05) is 13.7 Å². The minimum atomic E-state index is -0.242. The second kappa shape index (κ2) is 10.2. The molecule has 0 amide bonds. The van der Waals surface area contributed by atoms with Crippen molar-refractivity contribution in [1.82, 2.24) is 0 Å². The van der Waals surface area contributed by atoms with Gasteiger partial charge in [-0.2, -0.15) is 0 Å². The fourth-order valence-electron chi connectivity index (χ4n) is 2.86. The Bertz CT molecular complexity index is 1020. The van der Waals surface area contributed by atoms with E-state index in [0.717, 1.165) is 5.56 Å². The highest BCUT2D eigenvalue weighted by molar-refractivity contribution is 6.08. The summed E-state index contributed by atoms with van der Waals surface area (Å²) in [6, 6.07) is 19.8. The van der Waals surface area contributed by atoms with Gasteiger partial charge in [0.25, 0.3) is 0 Å².